The monoisotopic (exact) mass is 322 g/mol. The van der Waals surface area contributed by atoms with Gasteiger partial charge in [0.2, 0.25) is 0 Å². The molecule has 4 nitrogen and oxygen atoms in total. The second-order valence-corrected chi connectivity index (χ2v) is 5.83. The number of nitrogens with zero attached hydrogens (tertiary/aromatic N) is 2. The molecular weight excluding hydrogens is 308 g/mol. The summed E-state index contributed by atoms with van der Waals surface area (Å²) in [6, 6.07) is 15.6. The summed E-state index contributed by atoms with van der Waals surface area (Å²) in [4.78, 5) is 4.53. The third-order valence-corrected chi connectivity index (χ3v) is 4.40. The molecule has 0 amide bonds. The summed E-state index contributed by atoms with van der Waals surface area (Å²) in [6.07, 6.45) is 1.79. The number of thiazole rings is 1. The van der Waals surface area contributed by atoms with Crippen LogP contribution in [0.2, 0.25) is 0 Å². The van der Waals surface area contributed by atoms with E-state index in [9.17, 15) is 5.26 Å². The smallest absolute Gasteiger partial charge is 0.135 e. The third-order valence-electron chi connectivity index (χ3n) is 3.33. The Labute approximate surface area is 138 Å². The summed E-state index contributed by atoms with van der Waals surface area (Å²) >= 11 is 1.50. The number of rotatable bonds is 4. The quantitative estimate of drug-likeness (QED) is 0.669. The Morgan fingerprint density at radius 2 is 1.83 bits per heavy atom. The molecule has 0 saturated carbocycles. The Morgan fingerprint density at radius 3 is 2.43 bits per heavy atom. The van der Waals surface area contributed by atoms with Gasteiger partial charge >= 0.3 is 0 Å². The molecule has 0 saturated heterocycles. The van der Waals surface area contributed by atoms with Crippen LogP contribution in [-0.4, -0.2) is 19.2 Å². The van der Waals surface area contributed by atoms with Gasteiger partial charge in [-0.25, -0.2) is 4.98 Å². The Balaban J connectivity index is 2.06. The summed E-state index contributed by atoms with van der Waals surface area (Å²) < 4.78 is 11.6. The van der Waals surface area contributed by atoms with Crippen molar-refractivity contribution in [3.05, 3.63) is 53.0 Å². The van der Waals surface area contributed by atoms with E-state index >= 15 is 0 Å². The lowest BCUT2D eigenvalue weighted by Gasteiger charge is -2.06. The molecule has 0 bridgehead atoms. The molecule has 114 valence electrons. The zero-order chi connectivity index (χ0) is 16.2. The summed E-state index contributed by atoms with van der Waals surface area (Å²) in [7, 11) is 3.20. The van der Waals surface area contributed by atoms with Crippen LogP contribution >= 0.6 is 11.3 Å². The average molecular weight is 322 g/mol. The molecule has 0 aliphatic rings. The van der Waals surface area contributed by atoms with Crippen molar-refractivity contribution >= 4 is 33.2 Å². The molecule has 5 heteroatoms. The number of allylic oxidation sites excluding steroid dienone is 1. The maximum Gasteiger partial charge on any atom is 0.135 e. The lowest BCUT2D eigenvalue weighted by atomic mass is 10.1. The van der Waals surface area contributed by atoms with Crippen LogP contribution in [0.25, 0.3) is 21.9 Å². The van der Waals surface area contributed by atoms with Gasteiger partial charge in [-0.1, -0.05) is 12.1 Å². The Kier molecular flexibility index (Phi) is 4.26. The second kappa shape index (κ2) is 6.51. The van der Waals surface area contributed by atoms with E-state index in [1.807, 2.05) is 36.4 Å². The highest BCUT2D eigenvalue weighted by Crippen LogP contribution is 2.30. The van der Waals surface area contributed by atoms with Gasteiger partial charge in [-0.3, -0.25) is 0 Å². The van der Waals surface area contributed by atoms with Crippen LogP contribution in [0.15, 0.2) is 42.5 Å². The first kappa shape index (κ1) is 15.1. The molecule has 1 aromatic heterocycles. The van der Waals surface area contributed by atoms with Gasteiger partial charge in [0.05, 0.1) is 30.0 Å². The van der Waals surface area contributed by atoms with E-state index < -0.39 is 0 Å². The number of para-hydroxylation sites is 1. The van der Waals surface area contributed by atoms with E-state index in [0.717, 1.165) is 15.8 Å². The summed E-state index contributed by atoms with van der Waals surface area (Å²) in [5.41, 5.74) is 2.25. The van der Waals surface area contributed by atoms with E-state index in [4.69, 9.17) is 9.47 Å². The number of aromatic nitrogens is 1. The van der Waals surface area contributed by atoms with Gasteiger partial charge in [0, 0.05) is 6.07 Å². The molecule has 0 aliphatic heterocycles. The van der Waals surface area contributed by atoms with Crippen LogP contribution < -0.4 is 9.47 Å². The van der Waals surface area contributed by atoms with Crippen molar-refractivity contribution in [2.24, 2.45) is 0 Å². The highest BCUT2D eigenvalue weighted by atomic mass is 32.1. The van der Waals surface area contributed by atoms with Crippen LogP contribution in [0.3, 0.4) is 0 Å². The highest BCUT2D eigenvalue weighted by Gasteiger charge is 2.09. The number of hydrogen-bond donors (Lipinski definition) is 0. The molecule has 0 fully saturated rings. The zero-order valence-electron chi connectivity index (χ0n) is 12.7. The van der Waals surface area contributed by atoms with Gasteiger partial charge in [0.25, 0.3) is 0 Å². The molecule has 0 aliphatic carbocycles. The molecule has 1 heterocycles. The summed E-state index contributed by atoms with van der Waals surface area (Å²) in [5, 5.41) is 10.2. The zero-order valence-corrected chi connectivity index (χ0v) is 13.6. The molecule has 0 atom stereocenters. The Bertz CT molecular complexity index is 867. The maximum absolute atomic E-state index is 9.50. The van der Waals surface area contributed by atoms with Crippen LogP contribution in [-0.2, 0) is 0 Å². The third kappa shape index (κ3) is 3.17. The SMILES string of the molecule is COc1cc(/C=C(\C#N)c2nc3ccccc3s2)cc(OC)c1. The van der Waals surface area contributed by atoms with E-state index in [1.54, 1.807) is 26.4 Å². The van der Waals surface area contributed by atoms with Crippen molar-refractivity contribution in [1.82, 2.24) is 4.98 Å². The van der Waals surface area contributed by atoms with Crippen LogP contribution in [0.1, 0.15) is 10.6 Å². The van der Waals surface area contributed by atoms with Crippen LogP contribution in [0.5, 0.6) is 11.5 Å². The molecule has 0 unspecified atom stereocenters. The van der Waals surface area contributed by atoms with Crippen molar-refractivity contribution < 1.29 is 9.47 Å². The average Bonchev–Trinajstić information content (AvgIpc) is 3.03. The van der Waals surface area contributed by atoms with Crippen LogP contribution in [0.4, 0.5) is 0 Å². The second-order valence-electron chi connectivity index (χ2n) is 4.80. The van der Waals surface area contributed by atoms with Gasteiger partial charge in [0.15, 0.2) is 0 Å². The standard InChI is InChI=1S/C18H14N2O2S/c1-21-14-8-12(9-15(10-14)22-2)7-13(11-19)18-20-16-5-3-4-6-17(16)23-18/h3-10H,1-2H3/b13-7+. The minimum Gasteiger partial charge on any atom is -0.497 e. The summed E-state index contributed by atoms with van der Waals surface area (Å²) in [6.45, 7) is 0. The Hall–Kier alpha value is -2.84. The number of nitriles is 1. The number of benzene rings is 2. The molecule has 0 N–H and O–H groups in total. The van der Waals surface area contributed by atoms with E-state index in [1.165, 1.54) is 11.3 Å². The fourth-order valence-electron chi connectivity index (χ4n) is 2.21. The van der Waals surface area contributed by atoms with E-state index in [-0.39, 0.29) is 0 Å². The molecule has 3 aromatic rings. The fraction of sp³-hybridized carbons (Fsp3) is 0.111. The molecular formula is C18H14N2O2S. The first-order chi connectivity index (χ1) is 11.2. The maximum atomic E-state index is 9.50. The van der Waals surface area contributed by atoms with Gasteiger partial charge in [0.1, 0.15) is 22.6 Å². The van der Waals surface area contributed by atoms with Crippen molar-refractivity contribution in [3.8, 4) is 17.6 Å². The normalized spacial score (nSPS) is 11.3. The Morgan fingerprint density at radius 1 is 1.13 bits per heavy atom. The van der Waals surface area contributed by atoms with Gasteiger partial charge in [-0.05, 0) is 35.9 Å². The van der Waals surface area contributed by atoms with Crippen molar-refractivity contribution in [1.29, 1.82) is 5.26 Å². The van der Waals surface area contributed by atoms with Crippen molar-refractivity contribution in [3.63, 3.8) is 0 Å². The van der Waals surface area contributed by atoms with Crippen LogP contribution in [0, 0.1) is 11.3 Å². The molecule has 23 heavy (non-hydrogen) atoms. The van der Waals surface area contributed by atoms with Crippen molar-refractivity contribution in [2.45, 2.75) is 0 Å². The predicted octanol–water partition coefficient (Wildman–Crippen LogP) is 4.38. The largest absolute Gasteiger partial charge is 0.497 e. The first-order valence-corrected chi connectivity index (χ1v) is 7.76. The highest BCUT2D eigenvalue weighted by molar-refractivity contribution is 7.19. The first-order valence-electron chi connectivity index (χ1n) is 6.94. The van der Waals surface area contributed by atoms with Gasteiger partial charge < -0.3 is 9.47 Å². The van der Waals surface area contributed by atoms with E-state index in [0.29, 0.717) is 22.1 Å². The molecule has 2 aromatic carbocycles. The minimum atomic E-state index is 0.515. The van der Waals surface area contributed by atoms with Gasteiger partial charge in [-0.15, -0.1) is 11.3 Å². The lowest BCUT2D eigenvalue weighted by Crippen LogP contribution is -1.89. The fourth-order valence-corrected chi connectivity index (χ4v) is 3.14. The summed E-state index contributed by atoms with van der Waals surface area (Å²) in [5.74, 6) is 1.36. The number of methoxy groups -OCH3 is 2. The van der Waals surface area contributed by atoms with Gasteiger partial charge in [-0.2, -0.15) is 5.26 Å². The number of hydrogen-bond acceptors (Lipinski definition) is 5. The lowest BCUT2D eigenvalue weighted by molar-refractivity contribution is 0.394. The van der Waals surface area contributed by atoms with Crippen molar-refractivity contribution in [2.75, 3.05) is 14.2 Å². The molecule has 3 rings (SSSR count). The predicted molar refractivity (Wildman–Crippen MR) is 92.7 cm³/mol. The molecule has 0 spiro atoms. The molecule has 0 radical (unpaired) electrons. The minimum absolute atomic E-state index is 0.515. The number of fused-ring (bicyclic) bond motifs is 1. The van der Waals surface area contributed by atoms with E-state index in [2.05, 4.69) is 11.1 Å². The topological polar surface area (TPSA) is 55.1 Å². The number of ether oxygens (including phenoxy) is 2.